The highest BCUT2D eigenvalue weighted by atomic mass is 32.1. The molecule has 0 saturated carbocycles. The normalized spacial score (nSPS) is 17.5. The van der Waals surface area contributed by atoms with Crippen LogP contribution in [0.3, 0.4) is 0 Å². The fraction of sp³-hybridized carbons (Fsp3) is 0.833. The second kappa shape index (κ2) is 8.28. The fourth-order valence-electron chi connectivity index (χ4n) is 3.17. The monoisotopic (exact) mass is 308 g/mol. The summed E-state index contributed by atoms with van der Waals surface area (Å²) in [5, 5.41) is 5.14. The number of aryl methyl sites for hydroxylation is 2. The molecular weight excluding hydrogens is 276 g/mol. The van der Waals surface area contributed by atoms with E-state index in [2.05, 4.69) is 26.1 Å². The minimum absolute atomic E-state index is 0.0890. The van der Waals surface area contributed by atoms with E-state index in [1.165, 1.54) is 74.9 Å². The van der Waals surface area contributed by atoms with E-state index < -0.39 is 0 Å². The van der Waals surface area contributed by atoms with Crippen molar-refractivity contribution in [2.75, 3.05) is 6.54 Å². The molecule has 1 N–H and O–H groups in total. The molecule has 1 aromatic heterocycles. The van der Waals surface area contributed by atoms with E-state index in [1.54, 1.807) is 4.88 Å². The van der Waals surface area contributed by atoms with Gasteiger partial charge in [0.25, 0.3) is 0 Å². The van der Waals surface area contributed by atoms with Crippen LogP contribution in [0.15, 0.2) is 0 Å². The predicted octanol–water partition coefficient (Wildman–Crippen LogP) is 5.21. The molecule has 0 fully saturated rings. The van der Waals surface area contributed by atoms with Gasteiger partial charge in [0, 0.05) is 4.88 Å². The first kappa shape index (κ1) is 17.0. The van der Waals surface area contributed by atoms with Gasteiger partial charge in [-0.15, -0.1) is 11.3 Å². The van der Waals surface area contributed by atoms with Crippen molar-refractivity contribution >= 4 is 11.3 Å². The van der Waals surface area contributed by atoms with Crippen LogP contribution in [0.25, 0.3) is 0 Å². The first-order valence-electron chi connectivity index (χ1n) is 8.93. The van der Waals surface area contributed by atoms with Crippen LogP contribution in [0.5, 0.6) is 0 Å². The van der Waals surface area contributed by atoms with Crippen LogP contribution in [-0.2, 0) is 18.4 Å². The van der Waals surface area contributed by atoms with Gasteiger partial charge < -0.3 is 5.32 Å². The van der Waals surface area contributed by atoms with Crippen LogP contribution in [0.1, 0.15) is 87.7 Å². The van der Waals surface area contributed by atoms with E-state index in [0.29, 0.717) is 0 Å². The lowest BCUT2D eigenvalue weighted by atomic mass is 9.94. The topological polar surface area (TPSA) is 24.9 Å². The molecule has 0 saturated heterocycles. The quantitative estimate of drug-likeness (QED) is 0.634. The minimum Gasteiger partial charge on any atom is -0.306 e. The highest BCUT2D eigenvalue weighted by Gasteiger charge is 2.30. The smallest absolute Gasteiger partial charge is 0.113 e. The van der Waals surface area contributed by atoms with Crippen molar-refractivity contribution < 1.29 is 0 Å². The van der Waals surface area contributed by atoms with Gasteiger partial charge in [0.2, 0.25) is 0 Å². The molecule has 1 aliphatic rings. The molecule has 21 heavy (non-hydrogen) atoms. The highest BCUT2D eigenvalue weighted by Crippen LogP contribution is 2.35. The van der Waals surface area contributed by atoms with E-state index in [4.69, 9.17) is 4.98 Å². The van der Waals surface area contributed by atoms with E-state index in [9.17, 15) is 0 Å². The zero-order chi connectivity index (χ0) is 15.1. The van der Waals surface area contributed by atoms with Gasteiger partial charge in [-0.05, 0) is 52.0 Å². The van der Waals surface area contributed by atoms with Crippen LogP contribution < -0.4 is 5.32 Å². The van der Waals surface area contributed by atoms with Gasteiger partial charge in [-0.25, -0.2) is 4.98 Å². The molecule has 2 nitrogen and oxygen atoms in total. The van der Waals surface area contributed by atoms with Crippen LogP contribution in [0.4, 0.5) is 0 Å². The maximum absolute atomic E-state index is 5.03. The number of unbranched alkanes of at least 4 members (excludes halogenated alkanes) is 3. The molecule has 0 aliphatic heterocycles. The molecule has 0 bridgehead atoms. The Morgan fingerprint density at radius 2 is 1.90 bits per heavy atom. The third kappa shape index (κ3) is 4.53. The molecule has 0 amide bonds. The zero-order valence-electron chi connectivity index (χ0n) is 14.1. The Morgan fingerprint density at radius 3 is 2.62 bits per heavy atom. The number of hydrogen-bond donors (Lipinski definition) is 1. The molecule has 3 heteroatoms. The molecular formula is C18H32N2S. The average molecular weight is 309 g/mol. The highest BCUT2D eigenvalue weighted by molar-refractivity contribution is 7.11. The zero-order valence-corrected chi connectivity index (χ0v) is 15.0. The van der Waals surface area contributed by atoms with Crippen LogP contribution >= 0.6 is 11.3 Å². The molecule has 0 spiro atoms. The summed E-state index contributed by atoms with van der Waals surface area (Å²) in [6.07, 6.45) is 12.9. The number of rotatable bonds is 9. The van der Waals surface area contributed by atoms with E-state index in [0.717, 1.165) is 6.54 Å². The first-order chi connectivity index (χ1) is 10.2. The van der Waals surface area contributed by atoms with Crippen molar-refractivity contribution in [3.8, 4) is 0 Å². The molecule has 1 heterocycles. The lowest BCUT2D eigenvalue weighted by molar-refractivity contribution is 0.325. The maximum Gasteiger partial charge on any atom is 0.113 e. The Kier molecular flexibility index (Phi) is 6.69. The third-order valence-electron chi connectivity index (χ3n) is 4.61. The number of aromatic nitrogens is 1. The van der Waals surface area contributed by atoms with Gasteiger partial charge in [-0.3, -0.25) is 0 Å². The molecule has 2 rings (SSSR count). The summed E-state index contributed by atoms with van der Waals surface area (Å²) in [7, 11) is 0. The average Bonchev–Trinajstić information content (AvgIpc) is 2.94. The molecule has 0 radical (unpaired) electrons. The summed E-state index contributed by atoms with van der Waals surface area (Å²) in [5.41, 5.74) is 1.49. The number of thiazole rings is 1. The molecule has 1 aliphatic carbocycles. The Labute approximate surface area is 134 Å². The second-order valence-electron chi connectivity index (χ2n) is 6.67. The van der Waals surface area contributed by atoms with Crippen molar-refractivity contribution in [1.82, 2.24) is 10.3 Å². The second-order valence-corrected chi connectivity index (χ2v) is 7.75. The maximum atomic E-state index is 5.03. The van der Waals surface area contributed by atoms with Crippen LogP contribution in [-0.4, -0.2) is 11.5 Å². The molecule has 1 unspecified atom stereocenters. The molecule has 120 valence electrons. The third-order valence-corrected chi connectivity index (χ3v) is 6.03. The van der Waals surface area contributed by atoms with Crippen molar-refractivity contribution in [2.45, 2.75) is 90.5 Å². The van der Waals surface area contributed by atoms with Gasteiger partial charge in [0.05, 0.1) is 11.2 Å². The van der Waals surface area contributed by atoms with Crippen molar-refractivity contribution in [3.63, 3.8) is 0 Å². The van der Waals surface area contributed by atoms with Gasteiger partial charge in [0.1, 0.15) is 5.01 Å². The lowest BCUT2D eigenvalue weighted by Crippen LogP contribution is -2.40. The largest absolute Gasteiger partial charge is 0.306 e. The summed E-state index contributed by atoms with van der Waals surface area (Å²) in [4.78, 5) is 6.59. The molecule has 0 aromatic carbocycles. The number of nitrogens with one attached hydrogen (secondary N) is 1. The summed E-state index contributed by atoms with van der Waals surface area (Å²) < 4.78 is 0. The number of nitrogens with zero attached hydrogens (tertiary/aromatic N) is 1. The SMILES string of the molecule is CCCCCCC(C)(NCCC)c1nc2c(s1)CCCC2. The van der Waals surface area contributed by atoms with Crippen molar-refractivity contribution in [1.29, 1.82) is 0 Å². The van der Waals surface area contributed by atoms with Crippen LogP contribution in [0, 0.1) is 0 Å². The lowest BCUT2D eigenvalue weighted by Gasteiger charge is -2.29. The fourth-order valence-corrected chi connectivity index (χ4v) is 4.47. The summed E-state index contributed by atoms with van der Waals surface area (Å²) in [6, 6.07) is 0. The number of fused-ring (bicyclic) bond motifs is 1. The van der Waals surface area contributed by atoms with Gasteiger partial charge in [-0.2, -0.15) is 0 Å². The van der Waals surface area contributed by atoms with E-state index in [-0.39, 0.29) is 5.54 Å². The van der Waals surface area contributed by atoms with Gasteiger partial charge in [0.15, 0.2) is 0 Å². The van der Waals surface area contributed by atoms with Gasteiger partial charge in [-0.1, -0.05) is 39.5 Å². The Balaban J connectivity index is 2.07. The molecule has 1 atom stereocenters. The van der Waals surface area contributed by atoms with Crippen molar-refractivity contribution in [2.24, 2.45) is 0 Å². The van der Waals surface area contributed by atoms with Crippen LogP contribution in [0.2, 0.25) is 0 Å². The minimum atomic E-state index is 0.0890. The summed E-state index contributed by atoms with van der Waals surface area (Å²) in [6.45, 7) is 7.99. The predicted molar refractivity (Wildman–Crippen MR) is 93.2 cm³/mol. The summed E-state index contributed by atoms with van der Waals surface area (Å²) in [5.74, 6) is 0. The summed E-state index contributed by atoms with van der Waals surface area (Å²) >= 11 is 1.98. The standard InChI is InChI=1S/C18H32N2S/c1-4-6-7-10-13-18(3,19-14-5-2)17-20-15-11-8-9-12-16(15)21-17/h19H,4-14H2,1-3H3. The Bertz CT molecular complexity index is 403. The van der Waals surface area contributed by atoms with E-state index in [1.807, 2.05) is 11.3 Å². The van der Waals surface area contributed by atoms with Crippen molar-refractivity contribution in [3.05, 3.63) is 15.6 Å². The Morgan fingerprint density at radius 1 is 1.10 bits per heavy atom. The molecule has 1 aromatic rings. The number of hydrogen-bond acceptors (Lipinski definition) is 3. The first-order valence-corrected chi connectivity index (χ1v) is 9.75. The van der Waals surface area contributed by atoms with Gasteiger partial charge >= 0.3 is 0 Å². The Hall–Kier alpha value is -0.410. The van der Waals surface area contributed by atoms with E-state index >= 15 is 0 Å².